The van der Waals surface area contributed by atoms with Crippen LogP contribution in [-0.4, -0.2) is 43.2 Å². The SMILES string of the molecule is CCOc1ncccc1C(=O)NC1CCN(c2ccccc2OC(F)F)C1. The highest BCUT2D eigenvalue weighted by atomic mass is 19.3. The molecule has 27 heavy (non-hydrogen) atoms. The van der Waals surface area contributed by atoms with Crippen molar-refractivity contribution >= 4 is 11.6 Å². The lowest BCUT2D eigenvalue weighted by Crippen LogP contribution is -2.37. The molecule has 1 aliphatic heterocycles. The normalized spacial score (nSPS) is 16.4. The predicted molar refractivity (Wildman–Crippen MR) is 96.6 cm³/mol. The van der Waals surface area contributed by atoms with Crippen molar-refractivity contribution in [1.82, 2.24) is 10.3 Å². The average molecular weight is 377 g/mol. The van der Waals surface area contributed by atoms with Gasteiger partial charge in [0, 0.05) is 25.3 Å². The van der Waals surface area contributed by atoms with Crippen molar-refractivity contribution in [1.29, 1.82) is 0 Å². The fraction of sp³-hybridized carbons (Fsp3) is 0.368. The Morgan fingerprint density at radius 2 is 2.15 bits per heavy atom. The van der Waals surface area contributed by atoms with E-state index in [4.69, 9.17) is 4.74 Å². The molecule has 2 heterocycles. The summed E-state index contributed by atoms with van der Waals surface area (Å²) in [5.74, 6) is 0.156. The van der Waals surface area contributed by atoms with Gasteiger partial charge in [0.2, 0.25) is 5.88 Å². The second-order valence-electron chi connectivity index (χ2n) is 6.04. The Kier molecular flexibility index (Phi) is 6.05. The van der Waals surface area contributed by atoms with Crippen LogP contribution in [0.1, 0.15) is 23.7 Å². The first-order chi connectivity index (χ1) is 13.1. The highest BCUT2D eigenvalue weighted by Crippen LogP contribution is 2.31. The van der Waals surface area contributed by atoms with E-state index in [1.54, 1.807) is 36.5 Å². The van der Waals surface area contributed by atoms with Crippen LogP contribution in [0.4, 0.5) is 14.5 Å². The minimum Gasteiger partial charge on any atom is -0.477 e. The molecule has 1 saturated heterocycles. The number of nitrogens with one attached hydrogen (secondary N) is 1. The molecule has 6 nitrogen and oxygen atoms in total. The maximum absolute atomic E-state index is 12.6. The van der Waals surface area contributed by atoms with E-state index in [0.29, 0.717) is 43.2 Å². The number of pyridine rings is 1. The lowest BCUT2D eigenvalue weighted by atomic mass is 10.2. The molecule has 1 N–H and O–H groups in total. The summed E-state index contributed by atoms with van der Waals surface area (Å²) >= 11 is 0. The number of hydrogen-bond acceptors (Lipinski definition) is 5. The number of amides is 1. The van der Waals surface area contributed by atoms with Crippen LogP contribution in [0.2, 0.25) is 0 Å². The quantitative estimate of drug-likeness (QED) is 0.803. The average Bonchev–Trinajstić information content (AvgIpc) is 3.10. The molecule has 0 spiro atoms. The largest absolute Gasteiger partial charge is 0.477 e. The standard InChI is InChI=1S/C19H21F2N3O3/c1-2-26-18-14(6-5-10-22-18)17(25)23-13-9-11-24(12-13)15-7-3-4-8-16(15)27-19(20)21/h3-8,10,13,19H,2,9,11-12H2,1H3,(H,23,25). The molecular formula is C19H21F2N3O3. The van der Waals surface area contributed by atoms with Crippen molar-refractivity contribution in [2.75, 3.05) is 24.6 Å². The molecule has 8 heteroatoms. The number of rotatable bonds is 7. The highest BCUT2D eigenvalue weighted by molar-refractivity contribution is 5.96. The number of alkyl halides is 2. The van der Waals surface area contributed by atoms with Gasteiger partial charge in [0.1, 0.15) is 11.3 Å². The zero-order chi connectivity index (χ0) is 19.2. The summed E-state index contributed by atoms with van der Waals surface area (Å²) < 4.78 is 35.2. The van der Waals surface area contributed by atoms with Gasteiger partial charge in [0.25, 0.3) is 5.91 Å². The topological polar surface area (TPSA) is 63.7 Å². The first-order valence-electron chi connectivity index (χ1n) is 8.76. The lowest BCUT2D eigenvalue weighted by Gasteiger charge is -2.22. The number of carbonyl (C=O) groups is 1. The van der Waals surface area contributed by atoms with Crippen molar-refractivity contribution in [2.45, 2.75) is 26.0 Å². The minimum absolute atomic E-state index is 0.119. The van der Waals surface area contributed by atoms with Crippen LogP contribution in [-0.2, 0) is 0 Å². The number of hydrogen-bond donors (Lipinski definition) is 1. The molecular weight excluding hydrogens is 356 g/mol. The van der Waals surface area contributed by atoms with Gasteiger partial charge in [-0.25, -0.2) is 4.98 Å². The number of anilines is 1. The molecule has 1 fully saturated rings. The smallest absolute Gasteiger partial charge is 0.387 e. The third-order valence-corrected chi connectivity index (χ3v) is 4.24. The first kappa shape index (κ1) is 18.9. The maximum Gasteiger partial charge on any atom is 0.387 e. The van der Waals surface area contributed by atoms with Crippen molar-refractivity contribution < 1.29 is 23.0 Å². The molecule has 1 amide bonds. The maximum atomic E-state index is 12.6. The van der Waals surface area contributed by atoms with Gasteiger partial charge < -0.3 is 19.7 Å². The molecule has 1 aromatic carbocycles. The summed E-state index contributed by atoms with van der Waals surface area (Å²) in [4.78, 5) is 18.6. The van der Waals surface area contributed by atoms with Crippen LogP contribution in [0.15, 0.2) is 42.6 Å². The van der Waals surface area contributed by atoms with Crippen molar-refractivity contribution in [3.63, 3.8) is 0 Å². The van der Waals surface area contributed by atoms with Crippen LogP contribution in [0, 0.1) is 0 Å². The zero-order valence-corrected chi connectivity index (χ0v) is 14.9. The van der Waals surface area contributed by atoms with E-state index < -0.39 is 6.61 Å². The van der Waals surface area contributed by atoms with Gasteiger partial charge in [0.15, 0.2) is 0 Å². The molecule has 0 saturated carbocycles. The van der Waals surface area contributed by atoms with Crippen LogP contribution < -0.4 is 19.7 Å². The molecule has 1 aromatic heterocycles. The molecule has 2 aromatic rings. The third kappa shape index (κ3) is 4.64. The Hall–Kier alpha value is -2.90. The van der Waals surface area contributed by atoms with Gasteiger partial charge in [-0.05, 0) is 37.6 Å². The summed E-state index contributed by atoms with van der Waals surface area (Å²) in [6.07, 6.45) is 2.26. The van der Waals surface area contributed by atoms with Gasteiger partial charge >= 0.3 is 6.61 Å². The van der Waals surface area contributed by atoms with E-state index in [-0.39, 0.29) is 17.7 Å². The molecule has 144 valence electrons. The Labute approximate surface area is 156 Å². The third-order valence-electron chi connectivity index (χ3n) is 4.24. The van der Waals surface area contributed by atoms with E-state index in [9.17, 15) is 13.6 Å². The fourth-order valence-electron chi connectivity index (χ4n) is 3.09. The molecule has 1 unspecified atom stereocenters. The van der Waals surface area contributed by atoms with Gasteiger partial charge in [-0.1, -0.05) is 12.1 Å². The summed E-state index contributed by atoms with van der Waals surface area (Å²) in [6, 6.07) is 9.87. The molecule has 0 radical (unpaired) electrons. The number of para-hydroxylation sites is 2. The molecule has 1 atom stereocenters. The second kappa shape index (κ2) is 8.66. The van der Waals surface area contributed by atoms with E-state index in [1.807, 2.05) is 11.8 Å². The van der Waals surface area contributed by atoms with Crippen molar-refractivity contribution in [2.24, 2.45) is 0 Å². The number of carbonyl (C=O) groups excluding carboxylic acids is 1. The Bertz CT molecular complexity index is 788. The van der Waals surface area contributed by atoms with Gasteiger partial charge in [0.05, 0.1) is 12.3 Å². The number of halogens is 2. The Morgan fingerprint density at radius 1 is 1.33 bits per heavy atom. The first-order valence-corrected chi connectivity index (χ1v) is 8.76. The van der Waals surface area contributed by atoms with Crippen LogP contribution in [0.25, 0.3) is 0 Å². The van der Waals surface area contributed by atoms with E-state index in [2.05, 4.69) is 15.0 Å². The van der Waals surface area contributed by atoms with Crippen molar-refractivity contribution in [3.05, 3.63) is 48.2 Å². The van der Waals surface area contributed by atoms with E-state index in [1.165, 1.54) is 6.07 Å². The van der Waals surface area contributed by atoms with Gasteiger partial charge in [-0.3, -0.25) is 4.79 Å². The second-order valence-corrected chi connectivity index (χ2v) is 6.04. The molecule has 3 rings (SSSR count). The summed E-state index contributed by atoms with van der Waals surface area (Å²) in [5, 5.41) is 2.96. The predicted octanol–water partition coefficient (Wildman–Crippen LogP) is 3.09. The number of nitrogens with zero attached hydrogens (tertiary/aromatic N) is 2. The van der Waals surface area contributed by atoms with Gasteiger partial charge in [-0.15, -0.1) is 0 Å². The zero-order valence-electron chi connectivity index (χ0n) is 14.9. The highest BCUT2D eigenvalue weighted by Gasteiger charge is 2.27. The van der Waals surface area contributed by atoms with E-state index in [0.717, 1.165) is 0 Å². The monoisotopic (exact) mass is 377 g/mol. The Balaban J connectivity index is 1.66. The summed E-state index contributed by atoms with van der Waals surface area (Å²) in [7, 11) is 0. The van der Waals surface area contributed by atoms with E-state index >= 15 is 0 Å². The van der Waals surface area contributed by atoms with Crippen LogP contribution in [0.5, 0.6) is 11.6 Å². The van der Waals surface area contributed by atoms with Crippen molar-refractivity contribution in [3.8, 4) is 11.6 Å². The lowest BCUT2D eigenvalue weighted by molar-refractivity contribution is -0.0495. The van der Waals surface area contributed by atoms with Crippen LogP contribution >= 0.6 is 0 Å². The minimum atomic E-state index is -2.88. The molecule has 1 aliphatic rings. The Morgan fingerprint density at radius 3 is 2.93 bits per heavy atom. The fourth-order valence-corrected chi connectivity index (χ4v) is 3.09. The molecule has 0 bridgehead atoms. The summed E-state index contributed by atoms with van der Waals surface area (Å²) in [5.41, 5.74) is 0.963. The number of benzene rings is 1. The molecule has 0 aliphatic carbocycles. The number of aromatic nitrogens is 1. The summed E-state index contributed by atoms with van der Waals surface area (Å²) in [6.45, 7) is 0.478. The number of ether oxygens (including phenoxy) is 2. The van der Waals surface area contributed by atoms with Crippen LogP contribution in [0.3, 0.4) is 0 Å². The van der Waals surface area contributed by atoms with Gasteiger partial charge in [-0.2, -0.15) is 8.78 Å².